The molecule has 1 aromatic carbocycles. The molecule has 0 bridgehead atoms. The molecule has 2 aliphatic heterocycles. The lowest BCUT2D eigenvalue weighted by molar-refractivity contribution is -0.138. The molecule has 5 nitrogen and oxygen atoms in total. The second-order valence-corrected chi connectivity index (χ2v) is 6.39. The summed E-state index contributed by atoms with van der Waals surface area (Å²) in [4.78, 5) is 14.2. The third-order valence-electron chi connectivity index (χ3n) is 4.34. The molecule has 23 heavy (non-hydrogen) atoms. The van der Waals surface area contributed by atoms with Crippen molar-refractivity contribution in [3.8, 4) is 0 Å². The number of amides is 1. The van der Waals surface area contributed by atoms with E-state index in [1.54, 1.807) is 0 Å². The molecule has 2 atom stereocenters. The molecule has 0 radical (unpaired) electrons. The maximum atomic E-state index is 12.4. The molecule has 0 aliphatic carbocycles. The molecular formula is C17H23ClN2O3. The maximum absolute atomic E-state index is 12.4. The van der Waals surface area contributed by atoms with Crippen LogP contribution in [0.4, 0.5) is 0 Å². The van der Waals surface area contributed by atoms with Gasteiger partial charge in [-0.25, -0.2) is 0 Å². The van der Waals surface area contributed by atoms with Crippen LogP contribution in [0, 0.1) is 0 Å². The number of benzene rings is 1. The lowest BCUT2D eigenvalue weighted by Crippen LogP contribution is -2.46. The highest BCUT2D eigenvalue weighted by atomic mass is 35.5. The van der Waals surface area contributed by atoms with Crippen LogP contribution >= 0.6 is 11.6 Å². The zero-order valence-corrected chi connectivity index (χ0v) is 13.9. The first-order chi connectivity index (χ1) is 11.2. The van der Waals surface area contributed by atoms with Gasteiger partial charge in [-0.3, -0.25) is 4.79 Å². The van der Waals surface area contributed by atoms with Gasteiger partial charge in [0.2, 0.25) is 5.91 Å². The summed E-state index contributed by atoms with van der Waals surface area (Å²) >= 11 is 6.23. The minimum absolute atomic E-state index is 0.100. The zero-order chi connectivity index (χ0) is 16.1. The maximum Gasteiger partial charge on any atom is 0.236 e. The Kier molecular flexibility index (Phi) is 5.89. The van der Waals surface area contributed by atoms with Gasteiger partial charge in [0.15, 0.2) is 0 Å². The van der Waals surface area contributed by atoms with Crippen molar-refractivity contribution in [3.63, 3.8) is 0 Å². The Balaban J connectivity index is 1.49. The van der Waals surface area contributed by atoms with E-state index in [2.05, 4.69) is 5.32 Å². The van der Waals surface area contributed by atoms with E-state index in [1.165, 1.54) is 0 Å². The van der Waals surface area contributed by atoms with E-state index in [0.717, 1.165) is 31.6 Å². The molecule has 0 spiro atoms. The third kappa shape index (κ3) is 4.44. The Morgan fingerprint density at radius 2 is 2.17 bits per heavy atom. The van der Waals surface area contributed by atoms with Crippen molar-refractivity contribution >= 4 is 17.5 Å². The molecule has 2 heterocycles. The van der Waals surface area contributed by atoms with Crippen LogP contribution in [0.5, 0.6) is 0 Å². The van der Waals surface area contributed by atoms with Crippen LogP contribution in [0.2, 0.25) is 5.02 Å². The molecular weight excluding hydrogens is 316 g/mol. The fourth-order valence-electron chi connectivity index (χ4n) is 3.06. The molecule has 0 saturated carbocycles. The first kappa shape index (κ1) is 16.7. The minimum atomic E-state index is -0.153. The van der Waals surface area contributed by atoms with Gasteiger partial charge in [-0.1, -0.05) is 29.8 Å². The Labute approximate surface area is 141 Å². The molecule has 126 valence electrons. The van der Waals surface area contributed by atoms with E-state index in [4.69, 9.17) is 21.1 Å². The van der Waals surface area contributed by atoms with Gasteiger partial charge < -0.3 is 19.7 Å². The average molecular weight is 339 g/mol. The van der Waals surface area contributed by atoms with E-state index in [0.29, 0.717) is 31.3 Å². The van der Waals surface area contributed by atoms with E-state index in [-0.39, 0.29) is 18.1 Å². The summed E-state index contributed by atoms with van der Waals surface area (Å²) < 4.78 is 11.3. The Hall–Kier alpha value is -1.14. The SMILES string of the molecule is O=C(CNC[C@@H]1CCCO1)N1CCO[C@H](c2ccccc2Cl)C1. The fraction of sp³-hybridized carbons (Fsp3) is 0.588. The predicted molar refractivity (Wildman–Crippen MR) is 88.6 cm³/mol. The van der Waals surface area contributed by atoms with Gasteiger partial charge >= 0.3 is 0 Å². The van der Waals surface area contributed by atoms with Crippen molar-refractivity contribution in [1.82, 2.24) is 10.2 Å². The normalized spacial score (nSPS) is 24.8. The number of carbonyl (C=O) groups excluding carboxylic acids is 1. The zero-order valence-electron chi connectivity index (χ0n) is 13.2. The molecule has 2 saturated heterocycles. The summed E-state index contributed by atoms with van der Waals surface area (Å²) in [5.74, 6) is 0.100. The first-order valence-corrected chi connectivity index (χ1v) is 8.58. The van der Waals surface area contributed by atoms with Crippen LogP contribution in [0.1, 0.15) is 24.5 Å². The summed E-state index contributed by atoms with van der Waals surface area (Å²) in [7, 11) is 0. The van der Waals surface area contributed by atoms with Crippen LogP contribution in [0.15, 0.2) is 24.3 Å². The summed E-state index contributed by atoms with van der Waals surface area (Å²) in [5, 5.41) is 3.89. The number of hydrogen-bond acceptors (Lipinski definition) is 4. The number of hydrogen-bond donors (Lipinski definition) is 1. The van der Waals surface area contributed by atoms with Crippen LogP contribution in [-0.2, 0) is 14.3 Å². The van der Waals surface area contributed by atoms with Gasteiger partial charge in [0.25, 0.3) is 0 Å². The second kappa shape index (κ2) is 8.11. The minimum Gasteiger partial charge on any atom is -0.377 e. The van der Waals surface area contributed by atoms with Crippen molar-refractivity contribution in [2.45, 2.75) is 25.0 Å². The van der Waals surface area contributed by atoms with E-state index in [9.17, 15) is 4.79 Å². The molecule has 3 rings (SSSR count). The van der Waals surface area contributed by atoms with Gasteiger partial charge in [-0.15, -0.1) is 0 Å². The summed E-state index contributed by atoms with van der Waals surface area (Å²) in [6, 6.07) is 7.64. The van der Waals surface area contributed by atoms with Crippen molar-refractivity contribution in [2.75, 3.05) is 39.4 Å². The topological polar surface area (TPSA) is 50.8 Å². The summed E-state index contributed by atoms with van der Waals surface area (Å²) in [5.41, 5.74) is 0.944. The standard InChI is InChI=1S/C17H23ClN2O3/c18-15-6-2-1-5-14(15)16-12-20(7-9-23-16)17(21)11-19-10-13-4-3-8-22-13/h1-2,5-6,13,16,19H,3-4,7-12H2/t13-,16-/m0/s1. The molecule has 1 amide bonds. The second-order valence-electron chi connectivity index (χ2n) is 5.99. The Morgan fingerprint density at radius 3 is 2.96 bits per heavy atom. The lowest BCUT2D eigenvalue weighted by Gasteiger charge is -2.33. The highest BCUT2D eigenvalue weighted by Crippen LogP contribution is 2.28. The number of rotatable bonds is 5. The van der Waals surface area contributed by atoms with Gasteiger partial charge in [0, 0.05) is 30.3 Å². The van der Waals surface area contributed by atoms with Gasteiger partial charge in [-0.2, -0.15) is 0 Å². The van der Waals surface area contributed by atoms with E-state index in [1.807, 2.05) is 29.2 Å². The molecule has 1 N–H and O–H groups in total. The number of nitrogens with zero attached hydrogens (tertiary/aromatic N) is 1. The van der Waals surface area contributed by atoms with E-state index >= 15 is 0 Å². The van der Waals surface area contributed by atoms with Crippen molar-refractivity contribution < 1.29 is 14.3 Å². The number of carbonyl (C=O) groups is 1. The van der Waals surface area contributed by atoms with Gasteiger partial charge in [0.05, 0.1) is 25.8 Å². The molecule has 0 unspecified atom stereocenters. The fourth-order valence-corrected chi connectivity index (χ4v) is 3.31. The highest BCUT2D eigenvalue weighted by Gasteiger charge is 2.26. The van der Waals surface area contributed by atoms with Crippen LogP contribution in [-0.4, -0.2) is 56.3 Å². The van der Waals surface area contributed by atoms with E-state index < -0.39 is 0 Å². The quantitative estimate of drug-likeness (QED) is 0.892. The molecule has 2 aliphatic rings. The highest BCUT2D eigenvalue weighted by molar-refractivity contribution is 6.31. The summed E-state index contributed by atoms with van der Waals surface area (Å²) in [6.07, 6.45) is 2.29. The van der Waals surface area contributed by atoms with Crippen LogP contribution in [0.25, 0.3) is 0 Å². The molecule has 2 fully saturated rings. The third-order valence-corrected chi connectivity index (χ3v) is 4.69. The monoisotopic (exact) mass is 338 g/mol. The smallest absolute Gasteiger partial charge is 0.236 e. The van der Waals surface area contributed by atoms with Gasteiger partial charge in [-0.05, 0) is 18.9 Å². The summed E-state index contributed by atoms with van der Waals surface area (Å²) in [6.45, 7) is 3.63. The van der Waals surface area contributed by atoms with Gasteiger partial charge in [0.1, 0.15) is 6.10 Å². The van der Waals surface area contributed by atoms with Crippen molar-refractivity contribution in [1.29, 1.82) is 0 Å². The van der Waals surface area contributed by atoms with Crippen LogP contribution < -0.4 is 5.32 Å². The largest absolute Gasteiger partial charge is 0.377 e. The molecule has 0 aromatic heterocycles. The van der Waals surface area contributed by atoms with Crippen molar-refractivity contribution in [3.05, 3.63) is 34.9 Å². The average Bonchev–Trinajstić information content (AvgIpc) is 3.09. The van der Waals surface area contributed by atoms with Crippen LogP contribution in [0.3, 0.4) is 0 Å². The first-order valence-electron chi connectivity index (χ1n) is 8.20. The molecule has 1 aromatic rings. The lowest BCUT2D eigenvalue weighted by atomic mass is 10.1. The number of ether oxygens (including phenoxy) is 2. The van der Waals surface area contributed by atoms with Crippen molar-refractivity contribution in [2.24, 2.45) is 0 Å². The predicted octanol–water partition coefficient (Wildman–Crippen LogP) is 2.01. The molecule has 6 heteroatoms. The Morgan fingerprint density at radius 1 is 1.30 bits per heavy atom. The number of morpholine rings is 1. The Bertz CT molecular complexity index is 534. The number of nitrogens with one attached hydrogen (secondary N) is 1. The number of halogens is 1.